The summed E-state index contributed by atoms with van der Waals surface area (Å²) in [6.07, 6.45) is -0.589. The minimum absolute atomic E-state index is 0.433. The Morgan fingerprint density at radius 2 is 1.21 bits per heavy atom. The van der Waals surface area contributed by atoms with Crippen LogP contribution in [0.1, 0.15) is 12.8 Å². The second-order valence-electron chi connectivity index (χ2n) is 3.12. The molecule has 0 fully saturated rings. The van der Waals surface area contributed by atoms with Crippen LogP contribution < -0.4 is 0 Å². The molecule has 0 aliphatic carbocycles. The molecule has 14 heavy (non-hydrogen) atoms. The molecule has 0 bridgehead atoms. The van der Waals surface area contributed by atoms with Crippen molar-refractivity contribution in [1.29, 1.82) is 0 Å². The van der Waals surface area contributed by atoms with Crippen molar-refractivity contribution in [1.82, 2.24) is 9.80 Å². The molecular formula is C8H16N2O4. The summed E-state index contributed by atoms with van der Waals surface area (Å²) in [5.74, 6) is 0. The summed E-state index contributed by atoms with van der Waals surface area (Å²) < 4.78 is 0. The number of unbranched alkanes of at least 4 members (excludes halogenated alkanes) is 1. The number of carbonyl (C=O) groups is 2. The molecule has 0 atom stereocenters. The zero-order valence-corrected chi connectivity index (χ0v) is 8.43. The Morgan fingerprint density at radius 3 is 1.43 bits per heavy atom. The maximum Gasteiger partial charge on any atom is 0.407 e. The highest BCUT2D eigenvalue weighted by atomic mass is 16.4. The Kier molecular flexibility index (Phi) is 5.43. The number of carboxylic acid groups (broad SMARTS) is 2. The summed E-state index contributed by atoms with van der Waals surface area (Å²) in [6.45, 7) is 0.867. The molecule has 6 nitrogen and oxygen atoms in total. The molecule has 0 saturated carbocycles. The zero-order chi connectivity index (χ0) is 11.1. The van der Waals surface area contributed by atoms with Crippen molar-refractivity contribution < 1.29 is 19.8 Å². The van der Waals surface area contributed by atoms with Gasteiger partial charge in [0.1, 0.15) is 0 Å². The van der Waals surface area contributed by atoms with E-state index in [0.717, 1.165) is 0 Å². The van der Waals surface area contributed by atoms with Crippen LogP contribution in [0.2, 0.25) is 0 Å². The van der Waals surface area contributed by atoms with E-state index in [1.807, 2.05) is 0 Å². The number of hydrogen-bond acceptors (Lipinski definition) is 2. The van der Waals surface area contributed by atoms with Gasteiger partial charge in [-0.2, -0.15) is 0 Å². The molecule has 0 aromatic rings. The Morgan fingerprint density at radius 1 is 0.929 bits per heavy atom. The monoisotopic (exact) mass is 204 g/mol. The predicted octanol–water partition coefficient (Wildman–Crippen LogP) is 0.986. The molecule has 0 aromatic carbocycles. The summed E-state index contributed by atoms with van der Waals surface area (Å²) in [6, 6.07) is 0. The van der Waals surface area contributed by atoms with E-state index in [4.69, 9.17) is 10.2 Å². The van der Waals surface area contributed by atoms with Crippen LogP contribution in [-0.2, 0) is 0 Å². The topological polar surface area (TPSA) is 81.1 Å². The Bertz CT molecular complexity index is 186. The summed E-state index contributed by atoms with van der Waals surface area (Å²) >= 11 is 0. The van der Waals surface area contributed by atoms with Gasteiger partial charge < -0.3 is 20.0 Å². The molecule has 0 aliphatic rings. The molecule has 0 aliphatic heterocycles. The number of hydrogen-bond donors (Lipinski definition) is 2. The summed E-state index contributed by atoms with van der Waals surface area (Å²) in [5.41, 5.74) is 0. The van der Waals surface area contributed by atoms with Crippen LogP contribution in [-0.4, -0.2) is 59.4 Å². The van der Waals surface area contributed by atoms with E-state index in [1.54, 1.807) is 0 Å². The first kappa shape index (κ1) is 12.5. The molecule has 82 valence electrons. The third kappa shape index (κ3) is 5.23. The Balaban J connectivity index is 3.47. The van der Waals surface area contributed by atoms with Crippen molar-refractivity contribution in [3.63, 3.8) is 0 Å². The minimum Gasteiger partial charge on any atom is -0.465 e. The average Bonchev–Trinajstić information content (AvgIpc) is 2.11. The normalized spacial score (nSPS) is 9.57. The number of rotatable bonds is 5. The zero-order valence-electron chi connectivity index (χ0n) is 8.43. The van der Waals surface area contributed by atoms with Crippen LogP contribution in [0.4, 0.5) is 9.59 Å². The molecule has 0 spiro atoms. The molecule has 0 heterocycles. The van der Waals surface area contributed by atoms with Gasteiger partial charge in [-0.1, -0.05) is 0 Å². The van der Waals surface area contributed by atoms with E-state index < -0.39 is 12.2 Å². The van der Waals surface area contributed by atoms with Crippen LogP contribution >= 0.6 is 0 Å². The lowest BCUT2D eigenvalue weighted by atomic mass is 10.3. The van der Waals surface area contributed by atoms with Crippen molar-refractivity contribution in [2.75, 3.05) is 27.2 Å². The molecule has 6 heteroatoms. The van der Waals surface area contributed by atoms with Gasteiger partial charge in [-0.05, 0) is 12.8 Å². The molecule has 0 radical (unpaired) electrons. The lowest BCUT2D eigenvalue weighted by Crippen LogP contribution is -2.28. The van der Waals surface area contributed by atoms with Crippen molar-refractivity contribution in [3.05, 3.63) is 0 Å². The fraction of sp³-hybridized carbons (Fsp3) is 0.750. The van der Waals surface area contributed by atoms with Gasteiger partial charge >= 0.3 is 12.2 Å². The Labute approximate surface area is 82.7 Å². The predicted molar refractivity (Wildman–Crippen MR) is 50.5 cm³/mol. The van der Waals surface area contributed by atoms with Gasteiger partial charge in [-0.25, -0.2) is 9.59 Å². The SMILES string of the molecule is CN(CCCCN(C)C(=O)O)C(=O)O. The highest BCUT2D eigenvalue weighted by Crippen LogP contribution is 1.96. The average molecular weight is 204 g/mol. The fourth-order valence-electron chi connectivity index (χ4n) is 0.889. The van der Waals surface area contributed by atoms with Crippen LogP contribution in [0.25, 0.3) is 0 Å². The van der Waals surface area contributed by atoms with Crippen LogP contribution in [0, 0.1) is 0 Å². The van der Waals surface area contributed by atoms with E-state index in [9.17, 15) is 9.59 Å². The minimum atomic E-state index is -0.961. The van der Waals surface area contributed by atoms with Crippen LogP contribution in [0.5, 0.6) is 0 Å². The third-order valence-corrected chi connectivity index (χ3v) is 1.89. The molecule has 0 rings (SSSR count). The number of amides is 2. The van der Waals surface area contributed by atoms with Crippen LogP contribution in [0.15, 0.2) is 0 Å². The maximum absolute atomic E-state index is 10.4. The first-order valence-electron chi connectivity index (χ1n) is 4.33. The van der Waals surface area contributed by atoms with Gasteiger partial charge in [0.15, 0.2) is 0 Å². The molecular weight excluding hydrogens is 188 g/mol. The molecule has 2 N–H and O–H groups in total. The lowest BCUT2D eigenvalue weighted by Gasteiger charge is -2.15. The van der Waals surface area contributed by atoms with Gasteiger partial charge in [-0.3, -0.25) is 0 Å². The summed E-state index contributed by atoms with van der Waals surface area (Å²) in [4.78, 5) is 23.1. The Hall–Kier alpha value is -1.46. The van der Waals surface area contributed by atoms with E-state index in [-0.39, 0.29) is 0 Å². The van der Waals surface area contributed by atoms with Gasteiger partial charge in [-0.15, -0.1) is 0 Å². The van der Waals surface area contributed by atoms with Gasteiger partial charge in [0, 0.05) is 27.2 Å². The van der Waals surface area contributed by atoms with Crippen molar-refractivity contribution >= 4 is 12.2 Å². The van der Waals surface area contributed by atoms with E-state index in [2.05, 4.69) is 0 Å². The van der Waals surface area contributed by atoms with Crippen molar-refractivity contribution in [2.45, 2.75) is 12.8 Å². The summed E-state index contributed by atoms with van der Waals surface area (Å²) in [5, 5.41) is 17.0. The van der Waals surface area contributed by atoms with E-state index in [0.29, 0.717) is 25.9 Å². The molecule has 0 unspecified atom stereocenters. The molecule has 0 saturated heterocycles. The fourth-order valence-corrected chi connectivity index (χ4v) is 0.889. The second-order valence-corrected chi connectivity index (χ2v) is 3.12. The third-order valence-electron chi connectivity index (χ3n) is 1.89. The van der Waals surface area contributed by atoms with Gasteiger partial charge in [0.05, 0.1) is 0 Å². The molecule has 0 aromatic heterocycles. The highest BCUT2D eigenvalue weighted by molar-refractivity contribution is 5.64. The van der Waals surface area contributed by atoms with Crippen molar-refractivity contribution in [2.24, 2.45) is 0 Å². The standard InChI is InChI=1S/C8H16N2O4/c1-9(7(11)12)5-3-4-6-10(2)8(13)14/h3-6H2,1-2H3,(H,11,12)(H,13,14). The van der Waals surface area contributed by atoms with E-state index >= 15 is 0 Å². The van der Waals surface area contributed by atoms with Gasteiger partial charge in [0.2, 0.25) is 0 Å². The number of nitrogens with zero attached hydrogens (tertiary/aromatic N) is 2. The highest BCUT2D eigenvalue weighted by Gasteiger charge is 2.06. The smallest absolute Gasteiger partial charge is 0.407 e. The largest absolute Gasteiger partial charge is 0.465 e. The first-order valence-corrected chi connectivity index (χ1v) is 4.33. The van der Waals surface area contributed by atoms with E-state index in [1.165, 1.54) is 23.9 Å². The molecule has 2 amide bonds. The second kappa shape index (κ2) is 6.06. The van der Waals surface area contributed by atoms with Gasteiger partial charge in [0.25, 0.3) is 0 Å². The lowest BCUT2D eigenvalue weighted by molar-refractivity contribution is 0.149. The first-order chi connectivity index (χ1) is 6.45. The van der Waals surface area contributed by atoms with Crippen molar-refractivity contribution in [3.8, 4) is 0 Å². The maximum atomic E-state index is 10.4. The van der Waals surface area contributed by atoms with Crippen LogP contribution in [0.3, 0.4) is 0 Å². The summed E-state index contributed by atoms with van der Waals surface area (Å²) in [7, 11) is 2.98. The quantitative estimate of drug-likeness (QED) is 0.654.